The van der Waals surface area contributed by atoms with Crippen LogP contribution in [0.2, 0.25) is 10.0 Å². The molecule has 0 saturated heterocycles. The quantitative estimate of drug-likeness (QED) is 0.882. The summed E-state index contributed by atoms with van der Waals surface area (Å²) in [5, 5.41) is 7.71. The largest absolute Gasteiger partial charge is 0.349 e. The first-order valence-corrected chi connectivity index (χ1v) is 8.33. The van der Waals surface area contributed by atoms with E-state index in [4.69, 9.17) is 28.3 Å². The van der Waals surface area contributed by atoms with Crippen molar-refractivity contribution in [2.75, 3.05) is 0 Å². The second kappa shape index (κ2) is 5.52. The molecule has 1 fully saturated rings. The van der Waals surface area contributed by atoms with Crippen molar-refractivity contribution in [2.24, 2.45) is 11.1 Å². The van der Waals surface area contributed by atoms with E-state index in [0.29, 0.717) is 5.92 Å². The normalized spacial score (nSPS) is 16.8. The molecule has 1 atom stereocenters. The predicted molar refractivity (Wildman–Crippen MR) is 77.5 cm³/mol. The van der Waals surface area contributed by atoms with Gasteiger partial charge in [0.1, 0.15) is 4.90 Å². The SMILES string of the molecule is CC(NC(=O)c1cc(Cl)cc(S(N)(=O)=O)c1Cl)C1CC1. The van der Waals surface area contributed by atoms with Gasteiger partial charge in [0.2, 0.25) is 10.0 Å². The van der Waals surface area contributed by atoms with Crippen molar-refractivity contribution < 1.29 is 13.2 Å². The third-order valence-electron chi connectivity index (χ3n) is 3.24. The molecule has 0 aromatic heterocycles. The first-order valence-electron chi connectivity index (χ1n) is 6.03. The van der Waals surface area contributed by atoms with Crippen molar-refractivity contribution in [1.82, 2.24) is 5.32 Å². The molecule has 1 amide bonds. The van der Waals surface area contributed by atoms with E-state index >= 15 is 0 Å². The van der Waals surface area contributed by atoms with E-state index in [-0.39, 0.29) is 26.5 Å². The van der Waals surface area contributed by atoms with E-state index in [0.717, 1.165) is 18.9 Å². The summed E-state index contributed by atoms with van der Waals surface area (Å²) in [5.74, 6) is 0.0106. The molecule has 1 saturated carbocycles. The maximum atomic E-state index is 12.1. The van der Waals surface area contributed by atoms with Gasteiger partial charge in [-0.3, -0.25) is 4.79 Å². The molecule has 1 aromatic carbocycles. The van der Waals surface area contributed by atoms with Crippen molar-refractivity contribution in [3.63, 3.8) is 0 Å². The maximum Gasteiger partial charge on any atom is 0.253 e. The van der Waals surface area contributed by atoms with Crippen LogP contribution in [0.1, 0.15) is 30.1 Å². The second-order valence-corrected chi connectivity index (χ2v) is 7.25. The van der Waals surface area contributed by atoms with Crippen molar-refractivity contribution >= 4 is 39.1 Å². The van der Waals surface area contributed by atoms with Gasteiger partial charge >= 0.3 is 0 Å². The highest BCUT2D eigenvalue weighted by atomic mass is 35.5. The lowest BCUT2D eigenvalue weighted by Gasteiger charge is -2.14. The number of primary sulfonamides is 1. The summed E-state index contributed by atoms with van der Waals surface area (Å²) in [5.41, 5.74) is 0.00990. The molecule has 1 aliphatic rings. The summed E-state index contributed by atoms with van der Waals surface area (Å²) in [6, 6.07) is 2.46. The van der Waals surface area contributed by atoms with Gasteiger partial charge in [0.15, 0.2) is 0 Å². The van der Waals surface area contributed by atoms with Gasteiger partial charge in [0.05, 0.1) is 10.6 Å². The van der Waals surface area contributed by atoms with Crippen molar-refractivity contribution in [3.8, 4) is 0 Å². The van der Waals surface area contributed by atoms with Crippen molar-refractivity contribution in [3.05, 3.63) is 27.7 Å². The number of carbonyl (C=O) groups excluding carboxylic acids is 1. The Labute approximate surface area is 127 Å². The van der Waals surface area contributed by atoms with E-state index in [2.05, 4.69) is 5.32 Å². The highest BCUT2D eigenvalue weighted by molar-refractivity contribution is 7.89. The third-order valence-corrected chi connectivity index (χ3v) is 4.92. The number of hydrogen-bond acceptors (Lipinski definition) is 3. The highest BCUT2D eigenvalue weighted by Gasteiger charge is 2.30. The second-order valence-electron chi connectivity index (χ2n) is 4.91. The Morgan fingerprint density at radius 3 is 2.50 bits per heavy atom. The highest BCUT2D eigenvalue weighted by Crippen LogP contribution is 2.33. The van der Waals surface area contributed by atoms with Gasteiger partial charge < -0.3 is 5.32 Å². The number of sulfonamides is 1. The van der Waals surface area contributed by atoms with Crippen molar-refractivity contribution in [2.45, 2.75) is 30.7 Å². The molecule has 0 heterocycles. The number of hydrogen-bond donors (Lipinski definition) is 2. The number of nitrogens with one attached hydrogen (secondary N) is 1. The van der Waals surface area contributed by atoms with Gasteiger partial charge in [-0.2, -0.15) is 0 Å². The topological polar surface area (TPSA) is 89.3 Å². The molecule has 0 radical (unpaired) electrons. The fourth-order valence-electron chi connectivity index (χ4n) is 1.94. The van der Waals surface area contributed by atoms with E-state index < -0.39 is 15.9 Å². The molecule has 20 heavy (non-hydrogen) atoms. The summed E-state index contributed by atoms with van der Waals surface area (Å²) in [7, 11) is -4.04. The summed E-state index contributed by atoms with van der Waals surface area (Å²) < 4.78 is 22.8. The summed E-state index contributed by atoms with van der Waals surface area (Å²) in [6.45, 7) is 1.90. The number of rotatable bonds is 4. The Morgan fingerprint density at radius 1 is 1.40 bits per heavy atom. The van der Waals surface area contributed by atoms with Gasteiger partial charge in [-0.05, 0) is 37.8 Å². The van der Waals surface area contributed by atoms with Gasteiger partial charge in [0, 0.05) is 11.1 Å². The lowest BCUT2D eigenvalue weighted by Crippen LogP contribution is -2.34. The molecular weight excluding hydrogens is 323 g/mol. The number of nitrogens with two attached hydrogens (primary N) is 1. The fourth-order valence-corrected chi connectivity index (χ4v) is 3.39. The molecule has 1 aromatic rings. The lowest BCUT2D eigenvalue weighted by atomic mass is 10.1. The molecule has 8 heteroatoms. The number of carbonyl (C=O) groups is 1. The Morgan fingerprint density at radius 2 is 2.00 bits per heavy atom. The van der Waals surface area contributed by atoms with E-state index in [1.165, 1.54) is 6.07 Å². The molecule has 5 nitrogen and oxygen atoms in total. The minimum atomic E-state index is -4.04. The molecule has 3 N–H and O–H groups in total. The van der Waals surface area contributed by atoms with Gasteiger partial charge in [-0.15, -0.1) is 0 Å². The van der Waals surface area contributed by atoms with Gasteiger partial charge in [-0.1, -0.05) is 23.2 Å². The number of amides is 1. The third kappa shape index (κ3) is 3.44. The van der Waals surface area contributed by atoms with Crippen LogP contribution in [-0.4, -0.2) is 20.4 Å². The minimum Gasteiger partial charge on any atom is -0.349 e. The monoisotopic (exact) mass is 336 g/mol. The minimum absolute atomic E-state index is 0.00971. The van der Waals surface area contributed by atoms with Crippen molar-refractivity contribution in [1.29, 1.82) is 0 Å². The van der Waals surface area contributed by atoms with Crippen LogP contribution in [0.25, 0.3) is 0 Å². The molecular formula is C12H14Cl2N2O3S. The molecule has 0 spiro atoms. The number of halogens is 2. The fraction of sp³-hybridized carbons (Fsp3) is 0.417. The zero-order chi connectivity index (χ0) is 15.1. The molecule has 0 bridgehead atoms. The zero-order valence-corrected chi connectivity index (χ0v) is 13.0. The Hall–Kier alpha value is -0.820. The van der Waals surface area contributed by atoms with Crippen LogP contribution in [0.3, 0.4) is 0 Å². The Balaban J connectivity index is 2.35. The average Bonchev–Trinajstić information content (AvgIpc) is 3.13. The molecule has 1 unspecified atom stereocenters. The summed E-state index contributed by atoms with van der Waals surface area (Å²) >= 11 is 11.8. The van der Waals surface area contributed by atoms with Crippen LogP contribution >= 0.6 is 23.2 Å². The van der Waals surface area contributed by atoms with Crippen LogP contribution in [0.15, 0.2) is 17.0 Å². The first kappa shape index (κ1) is 15.6. The summed E-state index contributed by atoms with van der Waals surface area (Å²) in [6.07, 6.45) is 2.15. The summed E-state index contributed by atoms with van der Waals surface area (Å²) in [4.78, 5) is 11.8. The maximum absolute atomic E-state index is 12.1. The molecule has 0 aliphatic heterocycles. The smallest absolute Gasteiger partial charge is 0.253 e. The van der Waals surface area contributed by atoms with Crippen LogP contribution < -0.4 is 10.5 Å². The number of benzene rings is 1. The van der Waals surface area contributed by atoms with E-state index in [1.54, 1.807) is 0 Å². The Bertz CT molecular complexity index is 657. The van der Waals surface area contributed by atoms with Crippen LogP contribution in [-0.2, 0) is 10.0 Å². The lowest BCUT2D eigenvalue weighted by molar-refractivity contribution is 0.0936. The van der Waals surface area contributed by atoms with E-state index in [1.807, 2.05) is 6.92 Å². The standard InChI is InChI=1S/C12H14Cl2N2O3S/c1-6(7-2-3-7)16-12(17)9-4-8(13)5-10(11(9)14)20(15,18)19/h4-7H,2-3H2,1H3,(H,16,17)(H2,15,18,19). The molecule has 110 valence electrons. The Kier molecular flexibility index (Phi) is 4.30. The molecule has 1 aliphatic carbocycles. The van der Waals surface area contributed by atoms with Gasteiger partial charge in [0.25, 0.3) is 5.91 Å². The van der Waals surface area contributed by atoms with Crippen LogP contribution in [0.4, 0.5) is 0 Å². The first-order chi connectivity index (χ1) is 9.20. The predicted octanol–water partition coefficient (Wildman–Crippen LogP) is 2.17. The molecule has 2 rings (SSSR count). The zero-order valence-electron chi connectivity index (χ0n) is 10.7. The van der Waals surface area contributed by atoms with Gasteiger partial charge in [-0.25, -0.2) is 13.6 Å². The van der Waals surface area contributed by atoms with Crippen LogP contribution in [0, 0.1) is 5.92 Å². The van der Waals surface area contributed by atoms with Crippen LogP contribution in [0.5, 0.6) is 0 Å². The van der Waals surface area contributed by atoms with E-state index in [9.17, 15) is 13.2 Å². The average molecular weight is 337 g/mol.